The molecule has 9 nitrogen and oxygen atoms in total. The minimum absolute atomic E-state index is 0.0537. The van der Waals surface area contributed by atoms with E-state index in [0.717, 1.165) is 68.2 Å². The van der Waals surface area contributed by atoms with Gasteiger partial charge >= 0.3 is 6.09 Å². The van der Waals surface area contributed by atoms with Crippen LogP contribution in [0.5, 0.6) is 0 Å². The van der Waals surface area contributed by atoms with Crippen molar-refractivity contribution in [3.05, 3.63) is 30.2 Å². The average molecular weight is 431 g/mol. The molecule has 1 aliphatic carbocycles. The van der Waals surface area contributed by atoms with Gasteiger partial charge in [0.1, 0.15) is 10.8 Å². The van der Waals surface area contributed by atoms with E-state index in [2.05, 4.69) is 25.3 Å². The summed E-state index contributed by atoms with van der Waals surface area (Å²) in [7, 11) is 0. The van der Waals surface area contributed by atoms with Gasteiger partial charge in [-0.2, -0.15) is 0 Å². The number of aromatic nitrogens is 3. The van der Waals surface area contributed by atoms with Gasteiger partial charge in [-0.25, -0.2) is 9.78 Å². The summed E-state index contributed by atoms with van der Waals surface area (Å²) in [6.07, 6.45) is 7.02. The van der Waals surface area contributed by atoms with Crippen molar-refractivity contribution in [2.45, 2.75) is 25.5 Å². The van der Waals surface area contributed by atoms with Gasteiger partial charge in [0.2, 0.25) is 0 Å². The maximum absolute atomic E-state index is 12.0. The van der Waals surface area contributed by atoms with Crippen LogP contribution < -0.4 is 10.2 Å². The third-order valence-corrected chi connectivity index (χ3v) is 6.66. The molecule has 30 heavy (non-hydrogen) atoms. The average Bonchev–Trinajstić information content (AvgIpc) is 3.20. The predicted molar refractivity (Wildman–Crippen MR) is 114 cm³/mol. The van der Waals surface area contributed by atoms with E-state index in [-0.39, 0.29) is 12.2 Å². The van der Waals surface area contributed by atoms with Crippen LogP contribution in [0, 0.1) is 5.92 Å². The van der Waals surface area contributed by atoms with Crippen LogP contribution in [-0.2, 0) is 11.3 Å². The molecular formula is C20H26N6O3S. The van der Waals surface area contributed by atoms with Gasteiger partial charge in [-0.1, -0.05) is 5.16 Å². The Labute approximate surface area is 178 Å². The number of amides is 1. The number of carbonyl (C=O) groups excluding carboxylic acids is 1. The van der Waals surface area contributed by atoms with E-state index in [1.54, 1.807) is 23.9 Å². The number of ether oxygens (including phenoxy) is 1. The molecule has 1 saturated heterocycles. The van der Waals surface area contributed by atoms with Crippen molar-refractivity contribution in [2.24, 2.45) is 5.92 Å². The minimum atomic E-state index is -0.302. The lowest BCUT2D eigenvalue weighted by Crippen LogP contribution is -2.47. The van der Waals surface area contributed by atoms with Crippen molar-refractivity contribution in [1.82, 2.24) is 24.9 Å². The highest BCUT2D eigenvalue weighted by molar-refractivity contribution is 7.17. The Hall–Kier alpha value is -2.59. The largest absolute Gasteiger partial charge is 0.446 e. The second-order valence-electron chi connectivity index (χ2n) is 7.93. The molecular weight excluding hydrogens is 404 g/mol. The van der Waals surface area contributed by atoms with Gasteiger partial charge in [0, 0.05) is 64.1 Å². The number of rotatable bonds is 8. The summed E-state index contributed by atoms with van der Waals surface area (Å²) in [5.41, 5.74) is 0.871. The van der Waals surface area contributed by atoms with Crippen molar-refractivity contribution >= 4 is 33.5 Å². The molecule has 160 valence electrons. The summed E-state index contributed by atoms with van der Waals surface area (Å²) in [4.78, 5) is 20.7. The summed E-state index contributed by atoms with van der Waals surface area (Å²) >= 11 is 1.68. The van der Waals surface area contributed by atoms with Crippen molar-refractivity contribution in [1.29, 1.82) is 0 Å². The zero-order valence-electron chi connectivity index (χ0n) is 16.8. The first kappa shape index (κ1) is 19.4. The summed E-state index contributed by atoms with van der Waals surface area (Å²) < 4.78 is 14.1. The lowest BCUT2D eigenvalue weighted by atomic mass is 10.2. The Bertz CT molecular complexity index is 962. The van der Waals surface area contributed by atoms with E-state index in [9.17, 15) is 4.79 Å². The van der Waals surface area contributed by atoms with Crippen molar-refractivity contribution < 1.29 is 14.1 Å². The number of nitrogens with zero attached hydrogens (tertiary/aromatic N) is 5. The number of thiophene rings is 1. The standard InChI is InChI=1S/C20H26N6O3S/c27-20(22-3-1-5-25-6-4-21-14-25)28-17-12-15(17)13-24-7-9-26(10-8-24)19-18-16(29-23-19)2-11-30-18/h2,4,6,11,14-15,17H,1,3,5,7-10,12-13H2,(H,22,27)/t15-,17-/m1/s1. The molecule has 4 heterocycles. The molecule has 2 aliphatic rings. The fourth-order valence-electron chi connectivity index (χ4n) is 3.95. The molecule has 3 aromatic rings. The Balaban J connectivity index is 0.982. The van der Waals surface area contributed by atoms with Gasteiger partial charge in [-0.15, -0.1) is 11.3 Å². The fraction of sp³-hybridized carbons (Fsp3) is 0.550. The third kappa shape index (κ3) is 4.44. The van der Waals surface area contributed by atoms with Crippen LogP contribution in [0.1, 0.15) is 12.8 Å². The van der Waals surface area contributed by atoms with Crippen LogP contribution in [0.4, 0.5) is 10.6 Å². The number of piperazine rings is 1. The molecule has 3 aromatic heterocycles. The first-order valence-electron chi connectivity index (χ1n) is 10.5. The molecule has 1 saturated carbocycles. The first-order chi connectivity index (χ1) is 14.8. The molecule has 2 atom stereocenters. The molecule has 0 aromatic carbocycles. The number of nitrogens with one attached hydrogen (secondary N) is 1. The molecule has 1 amide bonds. The van der Waals surface area contributed by atoms with Crippen LogP contribution in [0.25, 0.3) is 10.3 Å². The molecule has 5 rings (SSSR count). The Kier molecular flexibility index (Phi) is 5.58. The van der Waals surface area contributed by atoms with Crippen LogP contribution in [0.2, 0.25) is 0 Å². The second kappa shape index (κ2) is 8.65. The lowest BCUT2D eigenvalue weighted by molar-refractivity contribution is 0.127. The maximum atomic E-state index is 12.0. The van der Waals surface area contributed by atoms with E-state index in [1.807, 2.05) is 22.2 Å². The molecule has 0 unspecified atom stereocenters. The van der Waals surface area contributed by atoms with Crippen LogP contribution >= 0.6 is 11.3 Å². The fourth-order valence-corrected chi connectivity index (χ4v) is 4.77. The number of imidazole rings is 1. The second-order valence-corrected chi connectivity index (χ2v) is 8.84. The molecule has 0 bridgehead atoms. The summed E-state index contributed by atoms with van der Waals surface area (Å²) in [5, 5.41) is 9.13. The number of anilines is 1. The summed E-state index contributed by atoms with van der Waals surface area (Å²) in [5.74, 6) is 1.42. The molecule has 1 N–H and O–H groups in total. The monoisotopic (exact) mass is 430 g/mol. The first-order valence-corrected chi connectivity index (χ1v) is 11.3. The summed E-state index contributed by atoms with van der Waals surface area (Å²) in [6, 6.07) is 1.97. The number of fused-ring (bicyclic) bond motifs is 1. The number of carbonyl (C=O) groups is 1. The zero-order chi connectivity index (χ0) is 20.3. The smallest absolute Gasteiger partial charge is 0.407 e. The van der Waals surface area contributed by atoms with E-state index in [0.29, 0.717) is 12.5 Å². The van der Waals surface area contributed by atoms with Gasteiger partial charge in [-0.05, 0) is 24.3 Å². The maximum Gasteiger partial charge on any atom is 0.407 e. The molecule has 0 spiro atoms. The van der Waals surface area contributed by atoms with E-state index < -0.39 is 0 Å². The molecule has 1 aliphatic heterocycles. The van der Waals surface area contributed by atoms with Gasteiger partial charge < -0.3 is 24.0 Å². The van der Waals surface area contributed by atoms with Crippen molar-refractivity contribution in [3.8, 4) is 0 Å². The van der Waals surface area contributed by atoms with Gasteiger partial charge in [0.25, 0.3) is 0 Å². The Morgan fingerprint density at radius 2 is 2.23 bits per heavy atom. The summed E-state index contributed by atoms with van der Waals surface area (Å²) in [6.45, 7) is 6.29. The predicted octanol–water partition coefficient (Wildman–Crippen LogP) is 2.41. The highest BCUT2D eigenvalue weighted by Gasteiger charge is 2.42. The zero-order valence-corrected chi connectivity index (χ0v) is 17.6. The van der Waals surface area contributed by atoms with E-state index in [1.165, 1.54) is 0 Å². The third-order valence-electron chi connectivity index (χ3n) is 5.76. The number of hydrogen-bond donors (Lipinski definition) is 1. The molecule has 2 fully saturated rings. The van der Waals surface area contributed by atoms with Crippen LogP contribution in [0.3, 0.4) is 0 Å². The van der Waals surface area contributed by atoms with E-state index >= 15 is 0 Å². The van der Waals surface area contributed by atoms with Gasteiger partial charge in [0.15, 0.2) is 11.4 Å². The van der Waals surface area contributed by atoms with Gasteiger partial charge in [-0.3, -0.25) is 4.90 Å². The highest BCUT2D eigenvalue weighted by Crippen LogP contribution is 2.35. The molecule has 0 radical (unpaired) electrons. The topological polar surface area (TPSA) is 88.7 Å². The number of alkyl carbamates (subject to hydrolysis) is 1. The SMILES string of the molecule is O=C(NCCCn1ccnc1)O[C@@H]1C[C@@H]1CN1CCN(c2noc3ccsc23)CC1. The van der Waals surface area contributed by atoms with Gasteiger partial charge in [0.05, 0.1) is 6.33 Å². The quantitative estimate of drug-likeness (QED) is 0.549. The normalized spacial score (nSPS) is 21.8. The van der Waals surface area contributed by atoms with Crippen molar-refractivity contribution in [3.63, 3.8) is 0 Å². The number of aryl methyl sites for hydroxylation is 1. The lowest BCUT2D eigenvalue weighted by Gasteiger charge is -2.34. The Morgan fingerprint density at radius 1 is 1.33 bits per heavy atom. The number of hydrogen-bond acceptors (Lipinski definition) is 8. The van der Waals surface area contributed by atoms with E-state index in [4.69, 9.17) is 9.26 Å². The highest BCUT2D eigenvalue weighted by atomic mass is 32.1. The van der Waals surface area contributed by atoms with Crippen LogP contribution in [0.15, 0.2) is 34.7 Å². The van der Waals surface area contributed by atoms with Crippen LogP contribution in [-0.4, -0.2) is 71.1 Å². The minimum Gasteiger partial charge on any atom is -0.446 e. The Morgan fingerprint density at radius 3 is 3.07 bits per heavy atom. The molecule has 10 heteroatoms. The van der Waals surface area contributed by atoms with Crippen molar-refractivity contribution in [2.75, 3.05) is 44.2 Å².